The maximum atomic E-state index is 12.9. The lowest BCUT2D eigenvalue weighted by atomic mass is 10.0. The number of hydrogen-bond donors (Lipinski definition) is 0. The standard InChI is InChI=1S/C74H128O6/c1-4-7-10-13-16-19-22-25-27-29-31-32-33-34-35-36-37-38-39-40-41-42-43-45-46-49-52-55-58-61-64-67-73(76)79-70-71(69-78-72(75)66-63-60-57-54-51-48-24-21-18-15-12-9-6-3)80-74(77)68-65-62-59-56-53-50-47-44-30-28-26-23-20-17-14-11-8-5-2/h7,9-10,12,16,18-19,21,25,27-28,30-32,48,51,71H,4-6,8,11,13-15,17,20,22-24,26,29,33-47,49-50,52-70H2,1-3H3/b10-7-,12-9-,19-16-,21-18-,27-25-,30-28-,32-31-,51-48-. The summed E-state index contributed by atoms with van der Waals surface area (Å²) in [6.45, 7) is 6.42. The summed E-state index contributed by atoms with van der Waals surface area (Å²) in [5.74, 6) is -0.906. The Labute approximate surface area is 496 Å². The van der Waals surface area contributed by atoms with Gasteiger partial charge in [-0.05, 0) is 116 Å². The van der Waals surface area contributed by atoms with E-state index in [0.29, 0.717) is 19.3 Å². The van der Waals surface area contributed by atoms with Crippen molar-refractivity contribution in [3.8, 4) is 0 Å². The zero-order chi connectivity index (χ0) is 57.8. The van der Waals surface area contributed by atoms with Crippen LogP contribution in [-0.4, -0.2) is 37.2 Å². The Bertz CT molecular complexity index is 1560. The van der Waals surface area contributed by atoms with Gasteiger partial charge in [-0.3, -0.25) is 14.4 Å². The van der Waals surface area contributed by atoms with E-state index < -0.39 is 6.10 Å². The van der Waals surface area contributed by atoms with Gasteiger partial charge in [-0.2, -0.15) is 0 Å². The van der Waals surface area contributed by atoms with Gasteiger partial charge in [0.25, 0.3) is 0 Å². The Kier molecular flexibility index (Phi) is 64.7. The number of unbranched alkanes of at least 4 members (excludes halogenated alkanes) is 35. The molecule has 0 saturated heterocycles. The van der Waals surface area contributed by atoms with Gasteiger partial charge in [0.05, 0.1) is 0 Å². The fraction of sp³-hybridized carbons (Fsp3) is 0.743. The SMILES string of the molecule is CC/C=C\C/C=C\C/C=C\C/C=C\CCCCCCCCCCCCCCCCCCCCC(=O)OCC(COC(=O)CCCCC/C=C\C/C=C\C/C=C\CC)OC(=O)CCCCCCCCC/C=C\CCCCCCCCC. The molecule has 1 atom stereocenters. The van der Waals surface area contributed by atoms with Crippen LogP contribution in [0.1, 0.15) is 335 Å². The van der Waals surface area contributed by atoms with Crippen LogP contribution in [0.15, 0.2) is 97.2 Å². The predicted molar refractivity (Wildman–Crippen MR) is 348 cm³/mol. The van der Waals surface area contributed by atoms with Crippen LogP contribution in [0.4, 0.5) is 0 Å². The van der Waals surface area contributed by atoms with Crippen molar-refractivity contribution in [3.05, 3.63) is 97.2 Å². The monoisotopic (exact) mass is 1110 g/mol. The summed E-state index contributed by atoms with van der Waals surface area (Å²) in [6.07, 6.45) is 91.6. The second-order valence-corrected chi connectivity index (χ2v) is 22.7. The lowest BCUT2D eigenvalue weighted by molar-refractivity contribution is -0.167. The van der Waals surface area contributed by atoms with Gasteiger partial charge in [0.2, 0.25) is 0 Å². The second kappa shape index (κ2) is 67.8. The number of allylic oxidation sites excluding steroid dienone is 16. The highest BCUT2D eigenvalue weighted by molar-refractivity contribution is 5.71. The molecule has 0 heterocycles. The van der Waals surface area contributed by atoms with E-state index in [1.54, 1.807) is 0 Å². The van der Waals surface area contributed by atoms with Gasteiger partial charge >= 0.3 is 17.9 Å². The van der Waals surface area contributed by atoms with E-state index in [0.717, 1.165) is 109 Å². The van der Waals surface area contributed by atoms with E-state index >= 15 is 0 Å². The number of rotatable bonds is 62. The highest BCUT2D eigenvalue weighted by Crippen LogP contribution is 2.17. The molecule has 6 nitrogen and oxygen atoms in total. The van der Waals surface area contributed by atoms with E-state index in [9.17, 15) is 14.4 Å². The average Bonchev–Trinajstić information content (AvgIpc) is 3.46. The quantitative estimate of drug-likeness (QED) is 0.0261. The summed E-state index contributed by atoms with van der Waals surface area (Å²) in [4.78, 5) is 38.3. The molecule has 0 aromatic rings. The smallest absolute Gasteiger partial charge is 0.306 e. The molecule has 1 unspecified atom stereocenters. The molecule has 0 aromatic carbocycles. The van der Waals surface area contributed by atoms with Gasteiger partial charge in [-0.25, -0.2) is 0 Å². The molecule has 0 aliphatic rings. The molecule has 0 bridgehead atoms. The van der Waals surface area contributed by atoms with Gasteiger partial charge in [-0.1, -0.05) is 298 Å². The average molecular weight is 1110 g/mol. The summed E-state index contributed by atoms with van der Waals surface area (Å²) in [5, 5.41) is 0. The van der Waals surface area contributed by atoms with Crippen molar-refractivity contribution in [1.82, 2.24) is 0 Å². The Balaban J connectivity index is 4.21. The van der Waals surface area contributed by atoms with Crippen molar-refractivity contribution in [2.75, 3.05) is 13.2 Å². The second-order valence-electron chi connectivity index (χ2n) is 22.7. The van der Waals surface area contributed by atoms with E-state index in [1.807, 2.05) is 0 Å². The summed E-state index contributed by atoms with van der Waals surface area (Å²) in [5.41, 5.74) is 0. The van der Waals surface area contributed by atoms with E-state index in [-0.39, 0.29) is 31.1 Å². The topological polar surface area (TPSA) is 78.9 Å². The third-order valence-corrected chi connectivity index (χ3v) is 14.8. The van der Waals surface area contributed by atoms with Crippen molar-refractivity contribution >= 4 is 17.9 Å². The third-order valence-electron chi connectivity index (χ3n) is 14.8. The van der Waals surface area contributed by atoms with Gasteiger partial charge in [0.1, 0.15) is 13.2 Å². The first-order chi connectivity index (χ1) is 39.5. The minimum absolute atomic E-state index is 0.0856. The van der Waals surface area contributed by atoms with Gasteiger partial charge in [-0.15, -0.1) is 0 Å². The zero-order valence-corrected chi connectivity index (χ0v) is 52.8. The molecule has 80 heavy (non-hydrogen) atoms. The Hall–Kier alpha value is -3.67. The maximum absolute atomic E-state index is 12.9. The van der Waals surface area contributed by atoms with Crippen LogP contribution in [-0.2, 0) is 28.6 Å². The fourth-order valence-corrected chi connectivity index (χ4v) is 9.74. The molecular formula is C74H128O6. The zero-order valence-electron chi connectivity index (χ0n) is 52.8. The van der Waals surface area contributed by atoms with Crippen molar-refractivity contribution in [1.29, 1.82) is 0 Å². The molecule has 0 aliphatic heterocycles. The van der Waals surface area contributed by atoms with Gasteiger partial charge in [0.15, 0.2) is 6.10 Å². The minimum atomic E-state index is -0.792. The summed E-state index contributed by atoms with van der Waals surface area (Å²) >= 11 is 0. The Morgan fingerprint density at radius 2 is 0.487 bits per heavy atom. The minimum Gasteiger partial charge on any atom is -0.462 e. The number of carbonyl (C=O) groups excluding carboxylic acids is 3. The molecule has 0 rings (SSSR count). The normalized spacial score (nSPS) is 12.7. The fourth-order valence-electron chi connectivity index (χ4n) is 9.74. The van der Waals surface area contributed by atoms with Gasteiger partial charge < -0.3 is 14.2 Å². The molecule has 460 valence electrons. The predicted octanol–water partition coefficient (Wildman–Crippen LogP) is 23.6. The Morgan fingerprint density at radius 1 is 0.263 bits per heavy atom. The van der Waals surface area contributed by atoms with Crippen molar-refractivity contribution in [3.63, 3.8) is 0 Å². The molecule has 0 fully saturated rings. The first-order valence-electron chi connectivity index (χ1n) is 34.2. The summed E-state index contributed by atoms with van der Waals surface area (Å²) in [7, 11) is 0. The molecule has 0 radical (unpaired) electrons. The molecule has 0 spiro atoms. The van der Waals surface area contributed by atoms with Gasteiger partial charge in [0, 0.05) is 19.3 Å². The van der Waals surface area contributed by atoms with Crippen LogP contribution >= 0.6 is 0 Å². The molecule has 0 saturated carbocycles. The highest BCUT2D eigenvalue weighted by Gasteiger charge is 2.19. The molecule has 0 amide bonds. The van der Waals surface area contributed by atoms with E-state index in [2.05, 4.69) is 118 Å². The number of ether oxygens (including phenoxy) is 3. The number of esters is 3. The summed E-state index contributed by atoms with van der Waals surface area (Å²) in [6, 6.07) is 0. The summed E-state index contributed by atoms with van der Waals surface area (Å²) < 4.78 is 16.9. The van der Waals surface area contributed by atoms with Crippen LogP contribution in [0.2, 0.25) is 0 Å². The lowest BCUT2D eigenvalue weighted by Gasteiger charge is -2.18. The van der Waals surface area contributed by atoms with E-state index in [1.165, 1.54) is 186 Å². The van der Waals surface area contributed by atoms with Crippen molar-refractivity contribution < 1.29 is 28.6 Å². The van der Waals surface area contributed by atoms with Crippen LogP contribution in [0.3, 0.4) is 0 Å². The van der Waals surface area contributed by atoms with Crippen LogP contribution in [0, 0.1) is 0 Å². The molecular weight excluding hydrogens is 985 g/mol. The van der Waals surface area contributed by atoms with Crippen LogP contribution in [0.25, 0.3) is 0 Å². The van der Waals surface area contributed by atoms with Crippen molar-refractivity contribution in [2.45, 2.75) is 341 Å². The van der Waals surface area contributed by atoms with Crippen molar-refractivity contribution in [2.24, 2.45) is 0 Å². The highest BCUT2D eigenvalue weighted by atomic mass is 16.6. The Morgan fingerprint density at radius 3 is 0.787 bits per heavy atom. The molecule has 6 heteroatoms. The number of hydrogen-bond acceptors (Lipinski definition) is 6. The molecule has 0 aromatic heterocycles. The lowest BCUT2D eigenvalue weighted by Crippen LogP contribution is -2.30. The first-order valence-corrected chi connectivity index (χ1v) is 34.2. The molecule has 0 N–H and O–H groups in total. The first kappa shape index (κ1) is 76.3. The van der Waals surface area contributed by atoms with Crippen LogP contribution < -0.4 is 0 Å². The maximum Gasteiger partial charge on any atom is 0.306 e. The number of carbonyl (C=O) groups is 3. The third kappa shape index (κ3) is 65.1. The largest absolute Gasteiger partial charge is 0.462 e. The van der Waals surface area contributed by atoms with Crippen LogP contribution in [0.5, 0.6) is 0 Å². The van der Waals surface area contributed by atoms with E-state index in [4.69, 9.17) is 14.2 Å². The molecule has 0 aliphatic carbocycles.